The fourth-order valence-corrected chi connectivity index (χ4v) is 3.85. The molecule has 7 nitrogen and oxygen atoms in total. The topological polar surface area (TPSA) is 86.8 Å². The molecule has 0 bridgehead atoms. The quantitative estimate of drug-likeness (QED) is 0.651. The molecule has 1 N–H and O–H groups in total. The lowest BCUT2D eigenvalue weighted by atomic mass is 9.74. The van der Waals surface area contributed by atoms with Gasteiger partial charge in [-0.1, -0.05) is 12.1 Å². The lowest BCUT2D eigenvalue weighted by molar-refractivity contribution is 0.0486. The molecule has 1 saturated heterocycles. The van der Waals surface area contributed by atoms with Crippen molar-refractivity contribution >= 4 is 11.9 Å². The van der Waals surface area contributed by atoms with Crippen LogP contribution in [-0.4, -0.2) is 49.8 Å². The highest BCUT2D eigenvalue weighted by atomic mass is 16.5. The van der Waals surface area contributed by atoms with Crippen molar-refractivity contribution in [3.8, 4) is 5.75 Å². The molecule has 0 unspecified atom stereocenters. The summed E-state index contributed by atoms with van der Waals surface area (Å²) in [6.45, 7) is 8.08. The number of ether oxygens (including phenoxy) is 3. The number of aryl methyl sites for hydroxylation is 1. The summed E-state index contributed by atoms with van der Waals surface area (Å²) in [4.78, 5) is 29.1. The summed E-state index contributed by atoms with van der Waals surface area (Å²) < 4.78 is 16.2. The molecular formula is C24H30N2O5. The van der Waals surface area contributed by atoms with E-state index < -0.39 is 5.97 Å². The highest BCUT2D eigenvalue weighted by molar-refractivity contribution is 5.95. The Bertz CT molecular complexity index is 905. The molecule has 1 aromatic heterocycles. The summed E-state index contributed by atoms with van der Waals surface area (Å²) in [7, 11) is 0. The molecule has 31 heavy (non-hydrogen) atoms. The van der Waals surface area contributed by atoms with Crippen LogP contribution in [0.4, 0.5) is 0 Å². The SMILES string of the molecule is CCOC(=O)c1ccc(C(=O)NCC2(c3ccc(OCC)cc3)CCOCC2)nc1C. The van der Waals surface area contributed by atoms with Crippen molar-refractivity contribution in [2.45, 2.75) is 39.0 Å². The van der Waals surface area contributed by atoms with Crippen LogP contribution in [0.3, 0.4) is 0 Å². The minimum atomic E-state index is -0.434. The van der Waals surface area contributed by atoms with Crippen LogP contribution in [0.15, 0.2) is 36.4 Å². The minimum absolute atomic E-state index is 0.210. The molecule has 1 aromatic carbocycles. The van der Waals surface area contributed by atoms with Crippen LogP contribution in [-0.2, 0) is 14.9 Å². The van der Waals surface area contributed by atoms with Gasteiger partial charge in [-0.3, -0.25) is 4.79 Å². The summed E-state index contributed by atoms with van der Waals surface area (Å²) in [6, 6.07) is 11.2. The maximum absolute atomic E-state index is 12.8. The second-order valence-corrected chi connectivity index (χ2v) is 7.58. The second kappa shape index (κ2) is 10.4. The van der Waals surface area contributed by atoms with Crippen LogP contribution in [0.1, 0.15) is 58.8 Å². The minimum Gasteiger partial charge on any atom is -0.494 e. The third kappa shape index (κ3) is 5.41. The molecule has 0 spiro atoms. The molecule has 3 rings (SSSR count). The Balaban J connectivity index is 1.73. The Kier molecular flexibility index (Phi) is 7.63. The molecule has 0 aliphatic carbocycles. The van der Waals surface area contributed by atoms with Crippen molar-refractivity contribution in [2.75, 3.05) is 33.0 Å². The van der Waals surface area contributed by atoms with E-state index in [0.717, 1.165) is 24.2 Å². The average Bonchev–Trinajstić information content (AvgIpc) is 2.79. The van der Waals surface area contributed by atoms with Gasteiger partial charge in [0.05, 0.1) is 24.5 Å². The highest BCUT2D eigenvalue weighted by Gasteiger charge is 2.35. The lowest BCUT2D eigenvalue weighted by Gasteiger charge is -2.38. The van der Waals surface area contributed by atoms with Crippen LogP contribution in [0.25, 0.3) is 0 Å². The summed E-state index contributed by atoms with van der Waals surface area (Å²) in [5, 5.41) is 3.04. The van der Waals surface area contributed by atoms with Crippen LogP contribution in [0.2, 0.25) is 0 Å². The van der Waals surface area contributed by atoms with E-state index in [1.54, 1.807) is 26.0 Å². The third-order valence-corrected chi connectivity index (χ3v) is 5.63. The predicted octanol–water partition coefficient (Wildman–Crippen LogP) is 3.44. The van der Waals surface area contributed by atoms with Crippen molar-refractivity contribution in [3.63, 3.8) is 0 Å². The zero-order valence-electron chi connectivity index (χ0n) is 18.4. The van der Waals surface area contributed by atoms with E-state index >= 15 is 0 Å². The fourth-order valence-electron chi connectivity index (χ4n) is 3.85. The molecular weight excluding hydrogens is 396 g/mol. The molecule has 1 aliphatic heterocycles. The van der Waals surface area contributed by atoms with Crippen molar-refractivity contribution in [1.29, 1.82) is 0 Å². The van der Waals surface area contributed by atoms with Gasteiger partial charge in [-0.05, 0) is 63.4 Å². The van der Waals surface area contributed by atoms with Crippen molar-refractivity contribution in [2.24, 2.45) is 0 Å². The normalized spacial score (nSPS) is 15.2. The summed E-state index contributed by atoms with van der Waals surface area (Å²) in [5.74, 6) is 0.130. The van der Waals surface area contributed by atoms with Crippen molar-refractivity contribution < 1.29 is 23.8 Å². The molecule has 7 heteroatoms. The maximum atomic E-state index is 12.8. The highest BCUT2D eigenvalue weighted by Crippen LogP contribution is 2.35. The van der Waals surface area contributed by atoms with Crippen LogP contribution in [0.5, 0.6) is 5.75 Å². The molecule has 2 heterocycles. The molecule has 1 amide bonds. The van der Waals surface area contributed by atoms with E-state index in [4.69, 9.17) is 14.2 Å². The van der Waals surface area contributed by atoms with Gasteiger partial charge in [0.2, 0.25) is 0 Å². The Labute approximate surface area is 183 Å². The standard InChI is InChI=1S/C24H30N2O5/c1-4-30-19-8-6-18(7-9-19)24(12-14-29-15-13-24)16-25-22(27)21-11-10-20(17(3)26-21)23(28)31-5-2/h6-11H,4-5,12-16H2,1-3H3,(H,25,27). The first-order chi connectivity index (χ1) is 15.0. The predicted molar refractivity (Wildman–Crippen MR) is 117 cm³/mol. The van der Waals surface area contributed by atoms with E-state index in [1.165, 1.54) is 0 Å². The van der Waals surface area contributed by atoms with Gasteiger partial charge in [0.25, 0.3) is 5.91 Å². The summed E-state index contributed by atoms with van der Waals surface area (Å²) in [6.07, 6.45) is 1.63. The first-order valence-electron chi connectivity index (χ1n) is 10.7. The fraction of sp³-hybridized carbons (Fsp3) is 0.458. The Morgan fingerprint density at radius 1 is 1.06 bits per heavy atom. The molecule has 1 aliphatic rings. The zero-order chi connectivity index (χ0) is 22.3. The Hall–Kier alpha value is -2.93. The average molecular weight is 427 g/mol. The van der Waals surface area contributed by atoms with Crippen LogP contribution in [0, 0.1) is 6.92 Å². The number of nitrogens with zero attached hydrogens (tertiary/aromatic N) is 1. The van der Waals surface area contributed by atoms with Gasteiger partial charge in [-0.2, -0.15) is 0 Å². The number of carbonyl (C=O) groups is 2. The number of pyridine rings is 1. The zero-order valence-corrected chi connectivity index (χ0v) is 18.4. The van der Waals surface area contributed by atoms with E-state index in [0.29, 0.717) is 37.6 Å². The number of rotatable bonds is 8. The van der Waals surface area contributed by atoms with Gasteiger partial charge in [0, 0.05) is 25.2 Å². The number of nitrogens with one attached hydrogen (secondary N) is 1. The van der Waals surface area contributed by atoms with Crippen LogP contribution >= 0.6 is 0 Å². The van der Waals surface area contributed by atoms with E-state index in [9.17, 15) is 9.59 Å². The smallest absolute Gasteiger partial charge is 0.339 e. The second-order valence-electron chi connectivity index (χ2n) is 7.58. The molecule has 0 atom stereocenters. The molecule has 0 radical (unpaired) electrons. The Morgan fingerprint density at radius 2 is 1.77 bits per heavy atom. The number of benzene rings is 1. The van der Waals surface area contributed by atoms with Gasteiger partial charge in [0.1, 0.15) is 11.4 Å². The Morgan fingerprint density at radius 3 is 2.39 bits per heavy atom. The van der Waals surface area contributed by atoms with Gasteiger partial charge in [0.15, 0.2) is 0 Å². The largest absolute Gasteiger partial charge is 0.494 e. The van der Waals surface area contributed by atoms with E-state index in [-0.39, 0.29) is 23.6 Å². The van der Waals surface area contributed by atoms with Crippen molar-refractivity contribution in [1.82, 2.24) is 10.3 Å². The monoisotopic (exact) mass is 426 g/mol. The van der Waals surface area contributed by atoms with Gasteiger partial charge in [-0.15, -0.1) is 0 Å². The molecule has 1 fully saturated rings. The number of hydrogen-bond donors (Lipinski definition) is 1. The maximum Gasteiger partial charge on any atom is 0.339 e. The van der Waals surface area contributed by atoms with Gasteiger partial charge >= 0.3 is 5.97 Å². The third-order valence-electron chi connectivity index (χ3n) is 5.63. The lowest BCUT2D eigenvalue weighted by Crippen LogP contribution is -2.44. The number of amides is 1. The summed E-state index contributed by atoms with van der Waals surface area (Å²) >= 11 is 0. The number of carbonyl (C=O) groups excluding carboxylic acids is 2. The number of hydrogen-bond acceptors (Lipinski definition) is 6. The van der Waals surface area contributed by atoms with Crippen LogP contribution < -0.4 is 10.1 Å². The number of esters is 1. The van der Waals surface area contributed by atoms with Gasteiger partial charge < -0.3 is 19.5 Å². The molecule has 166 valence electrons. The summed E-state index contributed by atoms with van der Waals surface area (Å²) in [5.41, 5.74) is 2.06. The van der Waals surface area contributed by atoms with Gasteiger partial charge in [-0.25, -0.2) is 9.78 Å². The van der Waals surface area contributed by atoms with Crippen molar-refractivity contribution in [3.05, 3.63) is 58.9 Å². The van der Waals surface area contributed by atoms with E-state index in [1.807, 2.05) is 19.1 Å². The first-order valence-corrected chi connectivity index (χ1v) is 10.7. The van der Waals surface area contributed by atoms with E-state index in [2.05, 4.69) is 22.4 Å². The molecule has 0 saturated carbocycles. The number of aromatic nitrogens is 1. The first kappa shape index (κ1) is 22.7. The molecule has 2 aromatic rings.